The van der Waals surface area contributed by atoms with Crippen LogP contribution in [0.3, 0.4) is 0 Å². The number of allylic oxidation sites excluding steroid dienone is 1. The van der Waals surface area contributed by atoms with Crippen molar-refractivity contribution in [2.24, 2.45) is 0 Å². The van der Waals surface area contributed by atoms with E-state index >= 15 is 0 Å². The Kier molecular flexibility index (Phi) is 4.80. The van der Waals surface area contributed by atoms with Crippen molar-refractivity contribution in [3.63, 3.8) is 0 Å². The molecule has 1 aliphatic carbocycles. The van der Waals surface area contributed by atoms with E-state index < -0.39 is 0 Å². The minimum atomic E-state index is -0.351. The molecule has 1 heterocycles. The van der Waals surface area contributed by atoms with E-state index in [1.807, 2.05) is 48.5 Å². The molecule has 1 aliphatic heterocycles. The molecule has 0 radical (unpaired) electrons. The minimum Gasteiger partial charge on any atom is -0.372 e. The maximum Gasteiger partial charge on any atom is 0.163 e. The quantitative estimate of drug-likeness (QED) is 0.501. The number of halogens is 2. The number of para-hydroxylation sites is 2. The number of hydrogen-bond donors (Lipinski definition) is 2. The average molecular weight is 419 g/mol. The number of carbonyl (C=O) groups excluding carboxylic acids is 1. The van der Waals surface area contributed by atoms with Crippen LogP contribution in [0.2, 0.25) is 5.02 Å². The third-order valence-corrected chi connectivity index (χ3v) is 6.20. The van der Waals surface area contributed by atoms with Gasteiger partial charge in [-0.25, -0.2) is 4.39 Å². The molecule has 3 nitrogen and oxygen atoms in total. The van der Waals surface area contributed by atoms with Gasteiger partial charge < -0.3 is 10.6 Å². The van der Waals surface area contributed by atoms with E-state index in [4.69, 9.17) is 11.6 Å². The van der Waals surface area contributed by atoms with Crippen molar-refractivity contribution in [3.8, 4) is 0 Å². The molecule has 3 aromatic rings. The Labute approximate surface area is 179 Å². The van der Waals surface area contributed by atoms with Crippen LogP contribution in [-0.4, -0.2) is 5.78 Å². The second-order valence-electron chi connectivity index (χ2n) is 7.74. The normalized spacial score (nSPS) is 20.5. The van der Waals surface area contributed by atoms with Crippen LogP contribution < -0.4 is 10.6 Å². The number of Topliss-reactive ketones (excluding diaryl/α,β-unsaturated/α-hetero) is 1. The van der Waals surface area contributed by atoms with Gasteiger partial charge in [-0.15, -0.1) is 0 Å². The van der Waals surface area contributed by atoms with Gasteiger partial charge in [0.25, 0.3) is 0 Å². The summed E-state index contributed by atoms with van der Waals surface area (Å²) in [5.74, 6) is -0.214. The lowest BCUT2D eigenvalue weighted by atomic mass is 9.78. The standard InChI is InChI=1S/C25H20ClFN2O/c26-19-6-2-1-5-18(19)16-13-22-24(23(30)14-16)25(15-9-11-17(27)12-10-15)29-21-8-4-3-7-20(21)28-22/h1-12,16,25,28-29H,13-14H2/t16-,25-/m0/s1. The van der Waals surface area contributed by atoms with E-state index in [-0.39, 0.29) is 23.6 Å². The van der Waals surface area contributed by atoms with Crippen LogP contribution in [0.4, 0.5) is 15.8 Å². The van der Waals surface area contributed by atoms with Crippen LogP contribution in [0.15, 0.2) is 84.1 Å². The predicted octanol–water partition coefficient (Wildman–Crippen LogP) is 6.46. The second-order valence-corrected chi connectivity index (χ2v) is 8.15. The largest absolute Gasteiger partial charge is 0.372 e. The molecule has 0 unspecified atom stereocenters. The lowest BCUT2D eigenvalue weighted by Crippen LogP contribution is -2.27. The molecular formula is C25H20ClFN2O. The van der Waals surface area contributed by atoms with Crippen LogP contribution in [0.5, 0.6) is 0 Å². The molecule has 150 valence electrons. The SMILES string of the molecule is O=C1C[C@@H](c2ccccc2Cl)CC2=C1[C@H](c1ccc(F)cc1)Nc1ccccc1N2. The molecule has 2 aliphatic rings. The van der Waals surface area contributed by atoms with Crippen molar-refractivity contribution in [3.05, 3.63) is 106 Å². The van der Waals surface area contributed by atoms with Crippen molar-refractivity contribution in [1.82, 2.24) is 0 Å². The van der Waals surface area contributed by atoms with Gasteiger partial charge in [0.2, 0.25) is 0 Å². The van der Waals surface area contributed by atoms with E-state index in [1.165, 1.54) is 12.1 Å². The first kappa shape index (κ1) is 18.9. The zero-order valence-corrected chi connectivity index (χ0v) is 16.9. The van der Waals surface area contributed by atoms with Gasteiger partial charge in [-0.2, -0.15) is 0 Å². The Morgan fingerprint density at radius 3 is 2.33 bits per heavy atom. The molecular weight excluding hydrogens is 399 g/mol. The summed E-state index contributed by atoms with van der Waals surface area (Å²) < 4.78 is 13.5. The van der Waals surface area contributed by atoms with Gasteiger partial charge in [0.15, 0.2) is 5.78 Å². The number of nitrogens with one attached hydrogen (secondary N) is 2. The van der Waals surface area contributed by atoms with Gasteiger partial charge in [-0.05, 0) is 53.8 Å². The molecule has 0 fully saturated rings. The number of hydrogen-bond acceptors (Lipinski definition) is 3. The molecule has 0 aromatic heterocycles. The first-order valence-electron chi connectivity index (χ1n) is 9.99. The molecule has 0 bridgehead atoms. The van der Waals surface area contributed by atoms with Crippen molar-refractivity contribution >= 4 is 28.8 Å². The van der Waals surface area contributed by atoms with Gasteiger partial charge in [0, 0.05) is 22.7 Å². The highest BCUT2D eigenvalue weighted by Crippen LogP contribution is 2.45. The van der Waals surface area contributed by atoms with Gasteiger partial charge in [0.1, 0.15) is 5.82 Å². The zero-order chi connectivity index (χ0) is 20.7. The second kappa shape index (κ2) is 7.62. The van der Waals surface area contributed by atoms with Crippen LogP contribution in [0.1, 0.15) is 35.9 Å². The summed E-state index contributed by atoms with van der Waals surface area (Å²) in [6.45, 7) is 0. The minimum absolute atomic E-state index is 0.0107. The van der Waals surface area contributed by atoms with Gasteiger partial charge >= 0.3 is 0 Å². The third kappa shape index (κ3) is 3.37. The van der Waals surface area contributed by atoms with Crippen LogP contribution in [0, 0.1) is 5.82 Å². The Hall–Kier alpha value is -3.11. The molecule has 0 saturated carbocycles. The average Bonchev–Trinajstić information content (AvgIpc) is 2.91. The molecule has 30 heavy (non-hydrogen) atoms. The van der Waals surface area contributed by atoms with E-state index in [0.717, 1.165) is 28.2 Å². The summed E-state index contributed by atoms with van der Waals surface area (Å²) in [4.78, 5) is 13.4. The summed E-state index contributed by atoms with van der Waals surface area (Å²) in [7, 11) is 0. The predicted molar refractivity (Wildman–Crippen MR) is 118 cm³/mol. The van der Waals surface area contributed by atoms with E-state index in [9.17, 15) is 9.18 Å². The monoisotopic (exact) mass is 418 g/mol. The number of anilines is 2. The smallest absolute Gasteiger partial charge is 0.163 e. The van der Waals surface area contributed by atoms with Crippen LogP contribution >= 0.6 is 11.6 Å². The highest BCUT2D eigenvalue weighted by molar-refractivity contribution is 6.31. The van der Waals surface area contributed by atoms with E-state index in [1.54, 1.807) is 12.1 Å². The fourth-order valence-corrected chi connectivity index (χ4v) is 4.71. The Bertz CT molecular complexity index is 1160. The number of fused-ring (bicyclic) bond motifs is 1. The first-order valence-corrected chi connectivity index (χ1v) is 10.4. The fraction of sp³-hybridized carbons (Fsp3) is 0.160. The molecule has 0 saturated heterocycles. The number of rotatable bonds is 2. The summed E-state index contributed by atoms with van der Waals surface area (Å²) in [6, 6.07) is 21.6. The van der Waals surface area contributed by atoms with E-state index in [0.29, 0.717) is 23.4 Å². The lowest BCUT2D eigenvalue weighted by molar-refractivity contribution is -0.116. The number of ketones is 1. The summed E-state index contributed by atoms with van der Waals surface area (Å²) in [5, 5.41) is 7.68. The summed E-state index contributed by atoms with van der Waals surface area (Å²) in [6.07, 6.45) is 1.07. The van der Waals surface area contributed by atoms with Crippen molar-refractivity contribution in [1.29, 1.82) is 0 Å². The molecule has 5 rings (SSSR count). The first-order chi connectivity index (χ1) is 14.6. The highest BCUT2D eigenvalue weighted by Gasteiger charge is 2.36. The molecule has 3 aromatic carbocycles. The van der Waals surface area contributed by atoms with Crippen LogP contribution in [-0.2, 0) is 4.79 Å². The van der Waals surface area contributed by atoms with Crippen molar-refractivity contribution in [2.45, 2.75) is 24.8 Å². The van der Waals surface area contributed by atoms with Crippen molar-refractivity contribution in [2.75, 3.05) is 10.6 Å². The molecule has 5 heteroatoms. The zero-order valence-electron chi connectivity index (χ0n) is 16.2. The fourth-order valence-electron chi connectivity index (χ4n) is 4.42. The summed E-state index contributed by atoms with van der Waals surface area (Å²) >= 11 is 6.44. The third-order valence-electron chi connectivity index (χ3n) is 5.86. The number of benzene rings is 3. The van der Waals surface area contributed by atoms with Gasteiger partial charge in [0.05, 0.1) is 17.4 Å². The molecule has 0 amide bonds. The lowest BCUT2D eigenvalue weighted by Gasteiger charge is -2.30. The highest BCUT2D eigenvalue weighted by atomic mass is 35.5. The Balaban J connectivity index is 1.62. The van der Waals surface area contributed by atoms with Crippen molar-refractivity contribution < 1.29 is 9.18 Å². The van der Waals surface area contributed by atoms with Crippen LogP contribution in [0.25, 0.3) is 0 Å². The molecule has 2 atom stereocenters. The summed E-state index contributed by atoms with van der Waals surface area (Å²) in [5.41, 5.74) is 5.27. The maximum atomic E-state index is 13.5. The maximum absolute atomic E-state index is 13.5. The Morgan fingerprint density at radius 2 is 1.57 bits per heavy atom. The topological polar surface area (TPSA) is 41.1 Å². The van der Waals surface area contributed by atoms with Gasteiger partial charge in [-0.1, -0.05) is 54.1 Å². The number of carbonyl (C=O) groups is 1. The Morgan fingerprint density at radius 1 is 0.867 bits per heavy atom. The van der Waals surface area contributed by atoms with Gasteiger partial charge in [-0.3, -0.25) is 4.79 Å². The van der Waals surface area contributed by atoms with E-state index in [2.05, 4.69) is 10.6 Å². The molecule has 0 spiro atoms. The molecule has 2 N–H and O–H groups in total.